The van der Waals surface area contributed by atoms with Crippen molar-refractivity contribution in [1.82, 2.24) is 15.3 Å². The van der Waals surface area contributed by atoms with Gasteiger partial charge < -0.3 is 10.1 Å². The van der Waals surface area contributed by atoms with Crippen LogP contribution < -0.4 is 10.1 Å². The maximum Gasteiger partial charge on any atom is 0.258 e. The lowest BCUT2D eigenvalue weighted by Gasteiger charge is -2.12. The summed E-state index contributed by atoms with van der Waals surface area (Å²) in [6.45, 7) is 0.631. The van der Waals surface area contributed by atoms with Gasteiger partial charge in [-0.25, -0.2) is 9.97 Å². The van der Waals surface area contributed by atoms with Gasteiger partial charge in [-0.15, -0.1) is 11.3 Å². The number of thiophene rings is 1. The maximum absolute atomic E-state index is 12.1. The molecular weight excluding hydrogens is 358 g/mol. The molecule has 0 atom stereocenters. The monoisotopic (exact) mass is 381 g/mol. The number of aromatic nitrogens is 2. The average Bonchev–Trinajstić information content (AvgIpc) is 3.10. The number of rotatable bonds is 7. The molecule has 0 spiro atoms. The molecule has 1 aromatic carbocycles. The molecule has 0 unspecified atom stereocenters. The quantitative estimate of drug-likeness (QED) is 0.634. The van der Waals surface area contributed by atoms with Gasteiger partial charge in [0.25, 0.3) is 5.91 Å². The fraction of sp³-hybridized carbons (Fsp3) is 0.381. The first-order valence-electron chi connectivity index (χ1n) is 9.50. The molecule has 1 amide bonds. The van der Waals surface area contributed by atoms with E-state index in [1.807, 2.05) is 18.2 Å². The molecular formula is C21H23N3O2S. The van der Waals surface area contributed by atoms with Crippen LogP contribution in [0.15, 0.2) is 36.7 Å². The Bertz CT molecular complexity index is 924. The first kappa shape index (κ1) is 17.9. The number of aryl methyl sites for hydroxylation is 3. The van der Waals surface area contributed by atoms with E-state index in [0.29, 0.717) is 12.4 Å². The highest BCUT2D eigenvalue weighted by molar-refractivity contribution is 7.18. The van der Waals surface area contributed by atoms with Crippen LogP contribution in [0.1, 0.15) is 35.3 Å². The van der Waals surface area contributed by atoms with Gasteiger partial charge >= 0.3 is 0 Å². The Morgan fingerprint density at radius 2 is 2.00 bits per heavy atom. The average molecular weight is 382 g/mol. The van der Waals surface area contributed by atoms with E-state index in [4.69, 9.17) is 4.74 Å². The summed E-state index contributed by atoms with van der Waals surface area (Å²) < 4.78 is 5.76. The van der Waals surface area contributed by atoms with Gasteiger partial charge in [0.05, 0.1) is 5.39 Å². The van der Waals surface area contributed by atoms with Crippen LogP contribution in [0.25, 0.3) is 10.2 Å². The molecule has 0 radical (unpaired) electrons. The number of benzene rings is 1. The lowest BCUT2D eigenvalue weighted by Crippen LogP contribution is -2.30. The van der Waals surface area contributed by atoms with Crippen molar-refractivity contribution in [2.45, 2.75) is 38.5 Å². The Morgan fingerprint density at radius 3 is 2.89 bits per heavy atom. The van der Waals surface area contributed by atoms with Crippen molar-refractivity contribution < 1.29 is 9.53 Å². The van der Waals surface area contributed by atoms with E-state index in [9.17, 15) is 4.79 Å². The lowest BCUT2D eigenvalue weighted by molar-refractivity contribution is -0.123. The van der Waals surface area contributed by atoms with E-state index in [0.717, 1.165) is 35.9 Å². The van der Waals surface area contributed by atoms with Crippen LogP contribution in [0.2, 0.25) is 0 Å². The summed E-state index contributed by atoms with van der Waals surface area (Å²) in [5, 5.41) is 3.93. The summed E-state index contributed by atoms with van der Waals surface area (Å²) in [5.74, 6) is 0.428. The van der Waals surface area contributed by atoms with Gasteiger partial charge in [0.15, 0.2) is 6.61 Å². The van der Waals surface area contributed by atoms with Crippen molar-refractivity contribution in [3.63, 3.8) is 0 Å². The molecule has 0 saturated carbocycles. The van der Waals surface area contributed by atoms with Crippen LogP contribution in [-0.4, -0.2) is 29.0 Å². The third kappa shape index (κ3) is 4.27. The summed E-state index contributed by atoms with van der Waals surface area (Å²) >= 11 is 1.73. The van der Waals surface area contributed by atoms with Crippen LogP contribution in [0.3, 0.4) is 0 Å². The van der Waals surface area contributed by atoms with Crippen molar-refractivity contribution in [2.24, 2.45) is 0 Å². The van der Waals surface area contributed by atoms with Gasteiger partial charge in [-0.05, 0) is 49.7 Å². The number of nitrogens with zero attached hydrogens (tertiary/aromatic N) is 2. The number of fused-ring (bicyclic) bond motifs is 3. The predicted octanol–water partition coefficient (Wildman–Crippen LogP) is 3.70. The fourth-order valence-electron chi connectivity index (χ4n) is 3.52. The van der Waals surface area contributed by atoms with Crippen molar-refractivity contribution in [3.05, 3.63) is 52.7 Å². The maximum atomic E-state index is 12.1. The van der Waals surface area contributed by atoms with E-state index in [1.165, 1.54) is 35.2 Å². The third-order valence-corrected chi connectivity index (χ3v) is 6.06. The van der Waals surface area contributed by atoms with Crippen molar-refractivity contribution in [3.8, 4) is 5.88 Å². The molecule has 0 saturated heterocycles. The second-order valence-electron chi connectivity index (χ2n) is 6.80. The molecule has 140 valence electrons. The van der Waals surface area contributed by atoms with Crippen LogP contribution in [0.4, 0.5) is 0 Å². The van der Waals surface area contributed by atoms with Gasteiger partial charge in [0.2, 0.25) is 5.88 Å². The SMILES string of the molecule is O=C(COc1ncnc2sc3c(c12)CCCC3)NCCCc1ccccc1. The first-order valence-corrected chi connectivity index (χ1v) is 10.3. The molecule has 5 nitrogen and oxygen atoms in total. The van der Waals surface area contributed by atoms with Gasteiger partial charge in [0, 0.05) is 11.4 Å². The standard InChI is InChI=1S/C21H23N3O2S/c25-18(22-12-6-9-15-7-2-1-3-8-15)13-26-20-19-16-10-4-5-11-17(16)27-21(19)24-14-23-20/h1-3,7-8,14H,4-6,9-13H2,(H,22,25). The zero-order valence-electron chi connectivity index (χ0n) is 15.2. The van der Waals surface area contributed by atoms with E-state index in [2.05, 4.69) is 27.4 Å². The van der Waals surface area contributed by atoms with E-state index in [-0.39, 0.29) is 12.5 Å². The highest BCUT2D eigenvalue weighted by Gasteiger charge is 2.20. The summed E-state index contributed by atoms with van der Waals surface area (Å²) in [6.07, 6.45) is 7.96. The normalized spacial score (nSPS) is 13.3. The molecule has 4 rings (SSSR count). The Kier molecular flexibility index (Phi) is 5.63. The van der Waals surface area contributed by atoms with Crippen molar-refractivity contribution in [1.29, 1.82) is 0 Å². The Morgan fingerprint density at radius 1 is 1.15 bits per heavy atom. The molecule has 0 fully saturated rings. The number of nitrogens with one attached hydrogen (secondary N) is 1. The summed E-state index contributed by atoms with van der Waals surface area (Å²) in [5.41, 5.74) is 2.61. The molecule has 3 aromatic rings. The Hall–Kier alpha value is -2.47. The van der Waals surface area contributed by atoms with Crippen LogP contribution >= 0.6 is 11.3 Å². The van der Waals surface area contributed by atoms with Gasteiger partial charge in [0.1, 0.15) is 11.2 Å². The molecule has 1 aliphatic rings. The van der Waals surface area contributed by atoms with Crippen LogP contribution in [0.5, 0.6) is 5.88 Å². The van der Waals surface area contributed by atoms with Crippen molar-refractivity contribution >= 4 is 27.5 Å². The number of ether oxygens (including phenoxy) is 1. The zero-order chi connectivity index (χ0) is 18.5. The molecule has 1 aliphatic carbocycles. The minimum absolute atomic E-state index is 0.0118. The number of amides is 1. The number of hydrogen-bond acceptors (Lipinski definition) is 5. The van der Waals surface area contributed by atoms with Crippen molar-refractivity contribution in [2.75, 3.05) is 13.2 Å². The van der Waals surface area contributed by atoms with E-state index >= 15 is 0 Å². The predicted molar refractivity (Wildman–Crippen MR) is 107 cm³/mol. The summed E-state index contributed by atoms with van der Waals surface area (Å²) in [7, 11) is 0. The number of hydrogen-bond donors (Lipinski definition) is 1. The number of carbonyl (C=O) groups is 1. The van der Waals surface area contributed by atoms with Gasteiger partial charge in [-0.3, -0.25) is 4.79 Å². The Balaban J connectivity index is 1.31. The molecule has 6 heteroatoms. The van der Waals surface area contributed by atoms with Gasteiger partial charge in [-0.1, -0.05) is 30.3 Å². The van der Waals surface area contributed by atoms with Crippen LogP contribution in [0, 0.1) is 0 Å². The third-order valence-electron chi connectivity index (χ3n) is 4.86. The van der Waals surface area contributed by atoms with Gasteiger partial charge in [-0.2, -0.15) is 0 Å². The van der Waals surface area contributed by atoms with Crippen LogP contribution in [-0.2, 0) is 24.1 Å². The van der Waals surface area contributed by atoms with E-state index in [1.54, 1.807) is 11.3 Å². The molecule has 1 N–H and O–H groups in total. The highest BCUT2D eigenvalue weighted by Crippen LogP contribution is 2.38. The zero-order valence-corrected chi connectivity index (χ0v) is 16.1. The highest BCUT2D eigenvalue weighted by atomic mass is 32.1. The Labute approximate surface area is 162 Å². The second-order valence-corrected chi connectivity index (χ2v) is 7.88. The molecule has 0 aliphatic heterocycles. The largest absolute Gasteiger partial charge is 0.467 e. The number of carbonyl (C=O) groups excluding carboxylic acids is 1. The second kappa shape index (κ2) is 8.48. The fourth-order valence-corrected chi connectivity index (χ4v) is 4.74. The topological polar surface area (TPSA) is 64.1 Å². The molecule has 2 aromatic heterocycles. The van der Waals surface area contributed by atoms with E-state index < -0.39 is 0 Å². The molecule has 27 heavy (non-hydrogen) atoms. The summed E-state index contributed by atoms with van der Waals surface area (Å²) in [6, 6.07) is 10.3. The lowest BCUT2D eigenvalue weighted by atomic mass is 9.97. The summed E-state index contributed by atoms with van der Waals surface area (Å²) in [4.78, 5) is 23.2. The smallest absolute Gasteiger partial charge is 0.258 e. The minimum atomic E-state index is -0.112. The minimum Gasteiger partial charge on any atom is -0.467 e. The first-order chi connectivity index (χ1) is 13.3. The molecule has 2 heterocycles. The molecule has 0 bridgehead atoms.